The summed E-state index contributed by atoms with van der Waals surface area (Å²) in [6, 6.07) is 20.1. The summed E-state index contributed by atoms with van der Waals surface area (Å²) in [6.07, 6.45) is 3.73. The molecule has 0 atom stereocenters. The van der Waals surface area contributed by atoms with Crippen molar-refractivity contribution >= 4 is 22.8 Å². The van der Waals surface area contributed by atoms with E-state index in [9.17, 15) is 0 Å². The summed E-state index contributed by atoms with van der Waals surface area (Å²) in [5.41, 5.74) is 3.00. The summed E-state index contributed by atoms with van der Waals surface area (Å²) in [6.45, 7) is 1.34. The fourth-order valence-electron chi connectivity index (χ4n) is 3.47. The van der Waals surface area contributed by atoms with Crippen LogP contribution >= 0.6 is 0 Å². The van der Waals surface area contributed by atoms with Crippen LogP contribution in [0.1, 0.15) is 17.5 Å². The molecule has 0 aliphatic rings. The second kappa shape index (κ2) is 10.4. The molecule has 0 amide bonds. The van der Waals surface area contributed by atoms with Gasteiger partial charge < -0.3 is 20.1 Å². The molecule has 4 aromatic rings. The van der Waals surface area contributed by atoms with Gasteiger partial charge in [-0.25, -0.2) is 4.98 Å². The van der Waals surface area contributed by atoms with E-state index in [1.165, 1.54) is 5.56 Å². The summed E-state index contributed by atoms with van der Waals surface area (Å²) in [7, 11) is 3.29. The van der Waals surface area contributed by atoms with Gasteiger partial charge in [-0.1, -0.05) is 30.3 Å². The number of hydrogen-bond acceptors (Lipinski definition) is 7. The first-order valence-electron chi connectivity index (χ1n) is 10.6. The van der Waals surface area contributed by atoms with Crippen LogP contribution in [-0.2, 0) is 13.0 Å². The van der Waals surface area contributed by atoms with Crippen LogP contribution in [0.5, 0.6) is 11.5 Å². The standard InChI is InChI=1S/C25H27N5O2/c1-31-20-14-19(15-21(16-20)32-2)17-28-24-22-11-7-12-26-23(22)29-25(30-24)27-13-6-10-18-8-4-3-5-9-18/h3-5,7-9,11-12,14-16H,6,10,13,17H2,1-2H3,(H2,26,27,28,29,30). The summed E-state index contributed by atoms with van der Waals surface area (Å²) in [4.78, 5) is 13.7. The van der Waals surface area contributed by atoms with Crippen LogP contribution in [0, 0.1) is 0 Å². The van der Waals surface area contributed by atoms with Crippen LogP contribution in [0.25, 0.3) is 11.0 Å². The van der Waals surface area contributed by atoms with E-state index < -0.39 is 0 Å². The van der Waals surface area contributed by atoms with Crippen LogP contribution in [0.2, 0.25) is 0 Å². The number of aryl methyl sites for hydroxylation is 1. The van der Waals surface area contributed by atoms with Gasteiger partial charge in [0.15, 0.2) is 5.65 Å². The number of benzene rings is 2. The second-order valence-electron chi connectivity index (χ2n) is 7.36. The minimum Gasteiger partial charge on any atom is -0.497 e. The first kappa shape index (κ1) is 21.4. The Labute approximate surface area is 187 Å². The van der Waals surface area contributed by atoms with Crippen molar-refractivity contribution in [2.75, 3.05) is 31.4 Å². The Morgan fingerprint density at radius 2 is 1.59 bits per heavy atom. The van der Waals surface area contributed by atoms with E-state index in [0.717, 1.165) is 47.7 Å². The number of methoxy groups -OCH3 is 2. The van der Waals surface area contributed by atoms with Crippen molar-refractivity contribution in [3.05, 3.63) is 78.0 Å². The third kappa shape index (κ3) is 5.43. The molecule has 0 saturated carbocycles. The Balaban J connectivity index is 1.47. The van der Waals surface area contributed by atoms with E-state index in [1.807, 2.05) is 36.4 Å². The van der Waals surface area contributed by atoms with Gasteiger partial charge in [-0.3, -0.25) is 0 Å². The summed E-state index contributed by atoms with van der Waals surface area (Å²) in [5.74, 6) is 2.79. The zero-order chi connectivity index (χ0) is 22.2. The zero-order valence-corrected chi connectivity index (χ0v) is 18.3. The van der Waals surface area contributed by atoms with Crippen LogP contribution in [0.15, 0.2) is 66.9 Å². The second-order valence-corrected chi connectivity index (χ2v) is 7.36. The predicted molar refractivity (Wildman–Crippen MR) is 127 cm³/mol. The Bertz CT molecular complexity index is 1150. The topological polar surface area (TPSA) is 81.2 Å². The summed E-state index contributed by atoms with van der Waals surface area (Å²) < 4.78 is 10.7. The van der Waals surface area contributed by atoms with Crippen molar-refractivity contribution in [1.29, 1.82) is 0 Å². The SMILES string of the molecule is COc1cc(CNc2nc(NCCCc3ccccc3)nc3ncccc23)cc(OC)c1. The normalized spacial score (nSPS) is 10.7. The highest BCUT2D eigenvalue weighted by atomic mass is 16.5. The predicted octanol–water partition coefficient (Wildman–Crippen LogP) is 4.70. The van der Waals surface area contributed by atoms with Crippen molar-refractivity contribution in [2.24, 2.45) is 0 Å². The van der Waals surface area contributed by atoms with Crippen LogP contribution < -0.4 is 20.1 Å². The lowest BCUT2D eigenvalue weighted by Crippen LogP contribution is -2.10. The first-order valence-corrected chi connectivity index (χ1v) is 10.6. The van der Waals surface area contributed by atoms with Gasteiger partial charge in [-0.15, -0.1) is 0 Å². The van der Waals surface area contributed by atoms with E-state index in [2.05, 4.69) is 44.9 Å². The van der Waals surface area contributed by atoms with Gasteiger partial charge in [-0.2, -0.15) is 9.97 Å². The number of rotatable bonds is 10. The molecule has 0 saturated heterocycles. The van der Waals surface area contributed by atoms with Gasteiger partial charge in [0.05, 0.1) is 19.6 Å². The fourth-order valence-corrected chi connectivity index (χ4v) is 3.47. The molecule has 2 N–H and O–H groups in total. The number of aromatic nitrogens is 3. The Morgan fingerprint density at radius 1 is 0.812 bits per heavy atom. The lowest BCUT2D eigenvalue weighted by Gasteiger charge is -2.13. The molecule has 0 aliphatic carbocycles. The largest absolute Gasteiger partial charge is 0.497 e. The van der Waals surface area contributed by atoms with Crippen molar-refractivity contribution in [3.63, 3.8) is 0 Å². The van der Waals surface area contributed by atoms with Crippen LogP contribution in [0.3, 0.4) is 0 Å². The van der Waals surface area contributed by atoms with Crippen LogP contribution in [-0.4, -0.2) is 35.7 Å². The van der Waals surface area contributed by atoms with E-state index in [-0.39, 0.29) is 0 Å². The number of nitrogens with zero attached hydrogens (tertiary/aromatic N) is 3. The average molecular weight is 430 g/mol. The number of nitrogens with one attached hydrogen (secondary N) is 2. The molecule has 2 aromatic heterocycles. The highest BCUT2D eigenvalue weighted by Crippen LogP contribution is 2.25. The van der Waals surface area contributed by atoms with Gasteiger partial charge in [0.2, 0.25) is 5.95 Å². The maximum Gasteiger partial charge on any atom is 0.226 e. The fraction of sp³-hybridized carbons (Fsp3) is 0.240. The monoisotopic (exact) mass is 429 g/mol. The van der Waals surface area contributed by atoms with Gasteiger partial charge in [0.1, 0.15) is 17.3 Å². The van der Waals surface area contributed by atoms with Crippen molar-refractivity contribution < 1.29 is 9.47 Å². The molecule has 0 unspecified atom stereocenters. The lowest BCUT2D eigenvalue weighted by molar-refractivity contribution is 0.393. The molecule has 0 fully saturated rings. The third-order valence-electron chi connectivity index (χ3n) is 5.11. The molecular weight excluding hydrogens is 402 g/mol. The molecular formula is C25H27N5O2. The van der Waals surface area contributed by atoms with Gasteiger partial charge >= 0.3 is 0 Å². The maximum absolute atomic E-state index is 5.37. The molecule has 0 aliphatic heterocycles. The molecule has 0 spiro atoms. The number of hydrogen-bond donors (Lipinski definition) is 2. The van der Waals surface area contributed by atoms with E-state index in [4.69, 9.17) is 14.5 Å². The first-order chi connectivity index (χ1) is 15.7. The molecule has 7 nitrogen and oxygen atoms in total. The molecule has 7 heteroatoms. The quantitative estimate of drug-likeness (QED) is 0.354. The number of ether oxygens (including phenoxy) is 2. The van der Waals surface area contributed by atoms with E-state index >= 15 is 0 Å². The smallest absolute Gasteiger partial charge is 0.226 e. The third-order valence-corrected chi connectivity index (χ3v) is 5.11. The molecule has 0 radical (unpaired) electrons. The number of fused-ring (bicyclic) bond motifs is 1. The maximum atomic E-state index is 5.37. The Kier molecular flexibility index (Phi) is 6.97. The number of pyridine rings is 1. The molecule has 2 aromatic carbocycles. The van der Waals surface area contributed by atoms with Crippen molar-refractivity contribution in [3.8, 4) is 11.5 Å². The van der Waals surface area contributed by atoms with Gasteiger partial charge in [-0.05, 0) is 48.2 Å². The van der Waals surface area contributed by atoms with E-state index in [0.29, 0.717) is 18.1 Å². The Morgan fingerprint density at radius 3 is 2.34 bits per heavy atom. The average Bonchev–Trinajstić information content (AvgIpc) is 2.85. The van der Waals surface area contributed by atoms with Gasteiger partial charge in [0.25, 0.3) is 0 Å². The minimum absolute atomic E-state index is 0.558. The van der Waals surface area contributed by atoms with Gasteiger partial charge in [0, 0.05) is 25.4 Å². The summed E-state index contributed by atoms with van der Waals surface area (Å²) in [5, 5.41) is 7.63. The van der Waals surface area contributed by atoms with Crippen LogP contribution in [0.4, 0.5) is 11.8 Å². The molecule has 164 valence electrons. The molecule has 4 rings (SSSR count). The molecule has 0 bridgehead atoms. The van der Waals surface area contributed by atoms with Crippen molar-refractivity contribution in [1.82, 2.24) is 15.0 Å². The zero-order valence-electron chi connectivity index (χ0n) is 18.3. The minimum atomic E-state index is 0.558. The Hall–Kier alpha value is -3.87. The highest BCUT2D eigenvalue weighted by Gasteiger charge is 2.09. The molecule has 2 heterocycles. The van der Waals surface area contributed by atoms with Crippen molar-refractivity contribution in [2.45, 2.75) is 19.4 Å². The summed E-state index contributed by atoms with van der Waals surface area (Å²) >= 11 is 0. The van der Waals surface area contributed by atoms with E-state index in [1.54, 1.807) is 20.4 Å². The number of anilines is 2. The lowest BCUT2D eigenvalue weighted by atomic mass is 10.1. The highest BCUT2D eigenvalue weighted by molar-refractivity contribution is 5.87. The molecule has 32 heavy (non-hydrogen) atoms.